The lowest BCUT2D eigenvalue weighted by Gasteiger charge is -2.48. The van der Waals surface area contributed by atoms with Crippen LogP contribution >= 0.6 is 11.6 Å². The highest BCUT2D eigenvalue weighted by atomic mass is 35.5. The molecule has 1 saturated heterocycles. The first-order valence-corrected chi connectivity index (χ1v) is 9.74. The van der Waals surface area contributed by atoms with Gasteiger partial charge in [0.15, 0.2) is 0 Å². The summed E-state index contributed by atoms with van der Waals surface area (Å²) in [7, 11) is 0. The van der Waals surface area contributed by atoms with Gasteiger partial charge in [-0.1, -0.05) is 24.1 Å². The second-order valence-electron chi connectivity index (χ2n) is 7.85. The Bertz CT molecular complexity index is 680. The predicted octanol–water partition coefficient (Wildman–Crippen LogP) is 3.22. The first-order valence-electron chi connectivity index (χ1n) is 9.37. The molecule has 2 aliphatic rings. The van der Waals surface area contributed by atoms with Gasteiger partial charge in [-0.05, 0) is 56.2 Å². The number of halogens is 2. The molecule has 26 heavy (non-hydrogen) atoms. The highest BCUT2D eigenvalue weighted by Crippen LogP contribution is 2.35. The Labute approximate surface area is 159 Å². The van der Waals surface area contributed by atoms with E-state index in [2.05, 4.69) is 24.1 Å². The quantitative estimate of drug-likeness (QED) is 0.798. The van der Waals surface area contributed by atoms with Gasteiger partial charge >= 0.3 is 0 Å². The molecule has 3 rings (SSSR count). The number of piperidine rings is 1. The van der Waals surface area contributed by atoms with Crippen molar-refractivity contribution < 1.29 is 14.0 Å². The van der Waals surface area contributed by atoms with Crippen molar-refractivity contribution in [2.75, 3.05) is 13.1 Å². The summed E-state index contributed by atoms with van der Waals surface area (Å²) < 4.78 is 13.5. The van der Waals surface area contributed by atoms with Gasteiger partial charge in [-0.3, -0.25) is 9.59 Å². The molecular weight excluding hydrogens is 355 g/mol. The molecule has 2 unspecified atom stereocenters. The molecule has 1 aliphatic carbocycles. The summed E-state index contributed by atoms with van der Waals surface area (Å²) >= 11 is 5.65. The third kappa shape index (κ3) is 4.26. The maximum absolute atomic E-state index is 13.5. The second-order valence-corrected chi connectivity index (χ2v) is 8.25. The average Bonchev–Trinajstić information content (AvgIpc) is 2.57. The zero-order chi connectivity index (χ0) is 18.8. The van der Waals surface area contributed by atoms with Gasteiger partial charge < -0.3 is 10.2 Å². The van der Waals surface area contributed by atoms with E-state index in [1.54, 1.807) is 6.07 Å². The number of hydrogen-bond acceptors (Lipinski definition) is 3. The molecule has 142 valence electrons. The van der Waals surface area contributed by atoms with E-state index in [0.717, 1.165) is 25.9 Å². The Kier molecular flexibility index (Phi) is 5.98. The van der Waals surface area contributed by atoms with Crippen LogP contribution in [-0.2, 0) is 16.0 Å². The van der Waals surface area contributed by atoms with E-state index in [9.17, 15) is 14.0 Å². The fourth-order valence-corrected chi connectivity index (χ4v) is 4.39. The predicted molar refractivity (Wildman–Crippen MR) is 99.6 cm³/mol. The minimum Gasteiger partial charge on any atom is -0.346 e. The molecule has 1 saturated carbocycles. The first-order chi connectivity index (χ1) is 12.3. The highest BCUT2D eigenvalue weighted by molar-refractivity contribution is 6.36. The van der Waals surface area contributed by atoms with Gasteiger partial charge in [-0.25, -0.2) is 4.39 Å². The van der Waals surface area contributed by atoms with Gasteiger partial charge in [0.05, 0.1) is 5.02 Å². The number of nitrogens with zero attached hydrogens (tertiary/aromatic N) is 1. The largest absolute Gasteiger partial charge is 0.346 e. The number of amides is 1. The van der Waals surface area contributed by atoms with Gasteiger partial charge in [0.2, 0.25) is 5.78 Å². The Hall–Kier alpha value is -1.46. The van der Waals surface area contributed by atoms with Crippen LogP contribution in [0.3, 0.4) is 0 Å². The highest BCUT2D eigenvalue weighted by Gasteiger charge is 2.41. The van der Waals surface area contributed by atoms with Crippen LogP contribution in [0.5, 0.6) is 0 Å². The molecular formula is C20H26ClFN2O2. The van der Waals surface area contributed by atoms with Crippen LogP contribution in [0.25, 0.3) is 0 Å². The molecule has 0 aromatic heterocycles. The summed E-state index contributed by atoms with van der Waals surface area (Å²) in [6, 6.07) is 4.76. The van der Waals surface area contributed by atoms with E-state index in [1.165, 1.54) is 18.6 Å². The van der Waals surface area contributed by atoms with E-state index in [1.807, 2.05) is 0 Å². The summed E-state index contributed by atoms with van der Waals surface area (Å²) in [5.74, 6) is -0.867. The molecule has 1 heterocycles. The lowest BCUT2D eigenvalue weighted by atomic mass is 9.73. The maximum Gasteiger partial charge on any atom is 0.287 e. The average molecular weight is 381 g/mol. The Balaban J connectivity index is 1.62. The lowest BCUT2D eigenvalue weighted by molar-refractivity contribution is -0.139. The number of benzene rings is 1. The number of hydrogen-bond donors (Lipinski definition) is 1. The van der Waals surface area contributed by atoms with E-state index in [4.69, 9.17) is 11.6 Å². The van der Waals surface area contributed by atoms with E-state index >= 15 is 0 Å². The number of nitrogens with one attached hydrogen (secondary N) is 1. The number of likely N-dealkylation sites (tertiary alicyclic amines) is 1. The SMILES string of the molecule is CC(C)N1CC2CCCC(C1)C2NC(=O)C(=O)Cc1ccc(Cl)c(F)c1. The minimum atomic E-state index is -0.576. The summed E-state index contributed by atoms with van der Waals surface area (Å²) in [5, 5.41) is 3.00. The molecule has 1 aromatic carbocycles. The fraction of sp³-hybridized carbons (Fsp3) is 0.600. The molecule has 1 aromatic rings. The molecule has 1 N–H and O–H groups in total. The Morgan fingerprint density at radius 1 is 1.27 bits per heavy atom. The number of carbonyl (C=O) groups excluding carboxylic acids is 2. The van der Waals surface area contributed by atoms with Gasteiger partial charge in [0.25, 0.3) is 5.91 Å². The maximum atomic E-state index is 13.5. The molecule has 2 fully saturated rings. The number of Topliss-reactive ketones (excluding diaryl/α,β-unsaturated/α-hetero) is 1. The lowest BCUT2D eigenvalue weighted by Crippen LogP contribution is -2.60. The topological polar surface area (TPSA) is 49.4 Å². The number of rotatable bonds is 5. The summed E-state index contributed by atoms with van der Waals surface area (Å²) in [4.78, 5) is 27.2. The van der Waals surface area contributed by atoms with Gasteiger partial charge in [-0.2, -0.15) is 0 Å². The van der Waals surface area contributed by atoms with Crippen LogP contribution in [0.4, 0.5) is 4.39 Å². The molecule has 1 amide bonds. The zero-order valence-corrected chi connectivity index (χ0v) is 16.1. The molecule has 4 nitrogen and oxygen atoms in total. The van der Waals surface area contributed by atoms with E-state index < -0.39 is 17.5 Å². The summed E-state index contributed by atoms with van der Waals surface area (Å²) in [6.07, 6.45) is 3.24. The molecule has 0 spiro atoms. The van der Waals surface area contributed by atoms with Crippen molar-refractivity contribution >= 4 is 23.3 Å². The van der Waals surface area contributed by atoms with Crippen LogP contribution in [0.1, 0.15) is 38.7 Å². The zero-order valence-electron chi connectivity index (χ0n) is 15.3. The van der Waals surface area contributed by atoms with Crippen molar-refractivity contribution in [3.63, 3.8) is 0 Å². The molecule has 2 bridgehead atoms. The van der Waals surface area contributed by atoms with Crippen molar-refractivity contribution in [1.82, 2.24) is 10.2 Å². The van der Waals surface area contributed by atoms with E-state index in [-0.39, 0.29) is 17.5 Å². The number of ketones is 1. The number of carbonyl (C=O) groups is 2. The van der Waals surface area contributed by atoms with Crippen LogP contribution in [-0.4, -0.2) is 41.8 Å². The van der Waals surface area contributed by atoms with Crippen LogP contribution in [0, 0.1) is 17.7 Å². The molecule has 0 radical (unpaired) electrons. The molecule has 1 aliphatic heterocycles. The Morgan fingerprint density at radius 3 is 2.50 bits per heavy atom. The van der Waals surface area contributed by atoms with Crippen LogP contribution in [0.2, 0.25) is 5.02 Å². The monoisotopic (exact) mass is 380 g/mol. The van der Waals surface area contributed by atoms with Crippen molar-refractivity contribution in [2.45, 2.75) is 51.6 Å². The smallest absolute Gasteiger partial charge is 0.287 e. The first kappa shape index (κ1) is 19.3. The summed E-state index contributed by atoms with van der Waals surface area (Å²) in [5.41, 5.74) is 0.460. The van der Waals surface area contributed by atoms with E-state index in [0.29, 0.717) is 23.4 Å². The third-order valence-electron chi connectivity index (χ3n) is 5.73. The minimum absolute atomic E-state index is 0.00962. The fourth-order valence-electron chi connectivity index (χ4n) is 4.28. The van der Waals surface area contributed by atoms with Crippen molar-refractivity contribution in [3.8, 4) is 0 Å². The van der Waals surface area contributed by atoms with Gasteiger partial charge in [0, 0.05) is 31.6 Å². The van der Waals surface area contributed by atoms with Crippen LogP contribution < -0.4 is 5.32 Å². The van der Waals surface area contributed by atoms with Gasteiger partial charge in [-0.15, -0.1) is 0 Å². The van der Waals surface area contributed by atoms with Crippen molar-refractivity contribution in [3.05, 3.63) is 34.6 Å². The van der Waals surface area contributed by atoms with Crippen molar-refractivity contribution in [2.24, 2.45) is 11.8 Å². The normalized spacial score (nSPS) is 26.0. The number of fused-ring (bicyclic) bond motifs is 2. The Morgan fingerprint density at radius 2 is 1.92 bits per heavy atom. The van der Waals surface area contributed by atoms with Crippen molar-refractivity contribution in [1.29, 1.82) is 0 Å². The molecule has 2 atom stereocenters. The standard InChI is InChI=1S/C20H26ClFN2O2/c1-12(2)24-10-14-4-3-5-15(11-24)19(14)23-20(26)18(25)9-13-6-7-16(21)17(22)8-13/h6-8,12,14-15,19H,3-5,9-11H2,1-2H3,(H,23,26). The second kappa shape index (κ2) is 8.05. The summed E-state index contributed by atoms with van der Waals surface area (Å²) in [6.45, 7) is 6.33. The van der Waals surface area contributed by atoms with Crippen LogP contribution in [0.15, 0.2) is 18.2 Å². The molecule has 6 heteroatoms. The van der Waals surface area contributed by atoms with Gasteiger partial charge in [0.1, 0.15) is 5.82 Å². The third-order valence-corrected chi connectivity index (χ3v) is 6.04.